The molecule has 3 heteroatoms. The van der Waals surface area contributed by atoms with Crippen LogP contribution in [0.25, 0.3) is 5.70 Å². The van der Waals surface area contributed by atoms with Crippen molar-refractivity contribution in [2.24, 2.45) is 0 Å². The van der Waals surface area contributed by atoms with Crippen molar-refractivity contribution in [1.29, 1.82) is 0 Å². The smallest absolute Gasteiger partial charge is 0.0639 e. The van der Waals surface area contributed by atoms with Gasteiger partial charge in [-0.3, -0.25) is 0 Å². The van der Waals surface area contributed by atoms with Gasteiger partial charge in [-0.15, -0.1) is 0 Å². The van der Waals surface area contributed by atoms with Gasteiger partial charge < -0.3 is 0 Å². The minimum atomic E-state index is 1.03. The zero-order valence-electron chi connectivity index (χ0n) is 10.8. The molecule has 94 valence electrons. The lowest BCUT2D eigenvalue weighted by atomic mass is 9.98. The second kappa shape index (κ2) is 5.53. The van der Waals surface area contributed by atoms with E-state index >= 15 is 0 Å². The minimum Gasteiger partial charge on any atom is -0.241 e. The molecule has 1 heterocycles. The zero-order chi connectivity index (χ0) is 13.1. The number of halogens is 1. The highest BCUT2D eigenvalue weighted by Crippen LogP contribution is 2.23. The molecule has 2 rings (SSSR count). The summed E-state index contributed by atoms with van der Waals surface area (Å²) in [5, 5.41) is 4.34. The fourth-order valence-corrected chi connectivity index (χ4v) is 2.28. The lowest BCUT2D eigenvalue weighted by molar-refractivity contribution is 0.859. The molecule has 0 spiro atoms. The van der Waals surface area contributed by atoms with Gasteiger partial charge >= 0.3 is 0 Å². The number of allylic oxidation sites excluding steroid dienone is 7. The molecule has 0 aromatic carbocycles. The van der Waals surface area contributed by atoms with Gasteiger partial charge in [0.25, 0.3) is 0 Å². The highest BCUT2D eigenvalue weighted by molar-refractivity contribution is 9.10. The Morgan fingerprint density at radius 2 is 2.33 bits per heavy atom. The normalized spacial score (nSPS) is 15.7. The minimum absolute atomic E-state index is 1.03. The van der Waals surface area contributed by atoms with Gasteiger partial charge in [0, 0.05) is 5.70 Å². The Morgan fingerprint density at radius 3 is 2.89 bits per heavy atom. The number of rotatable bonds is 3. The number of hydrogen-bond acceptors (Lipinski definition) is 1. The first kappa shape index (κ1) is 13.1. The molecule has 0 fully saturated rings. The molecule has 1 aromatic heterocycles. The Labute approximate surface area is 117 Å². The maximum atomic E-state index is 4.34. The molecule has 1 aromatic rings. The van der Waals surface area contributed by atoms with Crippen molar-refractivity contribution in [3.05, 3.63) is 58.4 Å². The van der Waals surface area contributed by atoms with Gasteiger partial charge in [0.1, 0.15) is 0 Å². The summed E-state index contributed by atoms with van der Waals surface area (Å²) in [5.74, 6) is 0. The summed E-state index contributed by atoms with van der Waals surface area (Å²) in [6.07, 6.45) is 12.5. The van der Waals surface area contributed by atoms with E-state index in [2.05, 4.69) is 58.8 Å². The second-order valence-corrected chi connectivity index (χ2v) is 5.31. The summed E-state index contributed by atoms with van der Waals surface area (Å²) < 4.78 is 2.95. The SMILES string of the molecule is C=C(/C=C(/C)n1ncc(Br)c1C)C1=CC=CCC1. The second-order valence-electron chi connectivity index (χ2n) is 4.46. The average molecular weight is 305 g/mol. The molecule has 0 amide bonds. The summed E-state index contributed by atoms with van der Waals surface area (Å²) >= 11 is 3.47. The lowest BCUT2D eigenvalue weighted by Crippen LogP contribution is -1.99. The molecular formula is C15H17BrN2. The summed E-state index contributed by atoms with van der Waals surface area (Å²) in [7, 11) is 0. The topological polar surface area (TPSA) is 17.8 Å². The summed E-state index contributed by atoms with van der Waals surface area (Å²) in [6.45, 7) is 8.24. The van der Waals surface area contributed by atoms with Crippen LogP contribution >= 0.6 is 15.9 Å². The summed E-state index contributed by atoms with van der Waals surface area (Å²) in [5.41, 5.74) is 4.57. The highest BCUT2D eigenvalue weighted by Gasteiger charge is 2.07. The lowest BCUT2D eigenvalue weighted by Gasteiger charge is -2.11. The van der Waals surface area contributed by atoms with Crippen molar-refractivity contribution in [3.63, 3.8) is 0 Å². The van der Waals surface area contributed by atoms with Crippen LogP contribution in [0.15, 0.2) is 52.7 Å². The van der Waals surface area contributed by atoms with Crippen molar-refractivity contribution in [2.75, 3.05) is 0 Å². The monoisotopic (exact) mass is 304 g/mol. The molecule has 0 saturated heterocycles. The molecule has 0 N–H and O–H groups in total. The molecular weight excluding hydrogens is 288 g/mol. The molecule has 0 aliphatic heterocycles. The van der Waals surface area contributed by atoms with Crippen molar-refractivity contribution >= 4 is 21.6 Å². The first-order valence-corrected chi connectivity index (χ1v) is 6.82. The van der Waals surface area contributed by atoms with Crippen molar-refractivity contribution in [2.45, 2.75) is 26.7 Å². The van der Waals surface area contributed by atoms with Crippen LogP contribution in [0, 0.1) is 6.92 Å². The van der Waals surface area contributed by atoms with Crippen molar-refractivity contribution < 1.29 is 0 Å². The van der Waals surface area contributed by atoms with Gasteiger partial charge in [0.05, 0.1) is 16.4 Å². The third-order valence-electron chi connectivity index (χ3n) is 3.09. The van der Waals surface area contributed by atoms with E-state index in [0.29, 0.717) is 0 Å². The molecule has 0 radical (unpaired) electrons. The van der Waals surface area contributed by atoms with Gasteiger partial charge in [0.2, 0.25) is 0 Å². The number of nitrogens with zero attached hydrogens (tertiary/aromatic N) is 2. The van der Waals surface area contributed by atoms with E-state index in [0.717, 1.165) is 34.3 Å². The van der Waals surface area contributed by atoms with E-state index in [1.807, 2.05) is 17.8 Å². The highest BCUT2D eigenvalue weighted by atomic mass is 79.9. The molecule has 0 bridgehead atoms. The van der Waals surface area contributed by atoms with E-state index in [1.54, 1.807) is 0 Å². The van der Waals surface area contributed by atoms with Gasteiger partial charge in [-0.05, 0) is 59.8 Å². The van der Waals surface area contributed by atoms with Gasteiger partial charge in [-0.1, -0.05) is 24.8 Å². The Balaban J connectivity index is 2.23. The van der Waals surface area contributed by atoms with E-state index in [9.17, 15) is 0 Å². The van der Waals surface area contributed by atoms with Crippen LogP contribution in [0.5, 0.6) is 0 Å². The molecule has 1 aliphatic carbocycles. The van der Waals surface area contributed by atoms with Gasteiger partial charge in [-0.25, -0.2) is 4.68 Å². The van der Waals surface area contributed by atoms with E-state index in [4.69, 9.17) is 0 Å². The van der Waals surface area contributed by atoms with Crippen LogP contribution in [0.4, 0.5) is 0 Å². The zero-order valence-corrected chi connectivity index (χ0v) is 12.4. The Bertz CT molecular complexity index is 559. The quantitative estimate of drug-likeness (QED) is 0.743. The molecule has 0 saturated carbocycles. The van der Waals surface area contributed by atoms with E-state index < -0.39 is 0 Å². The van der Waals surface area contributed by atoms with Crippen LogP contribution < -0.4 is 0 Å². The van der Waals surface area contributed by atoms with E-state index in [-0.39, 0.29) is 0 Å². The van der Waals surface area contributed by atoms with Crippen LogP contribution in [0.2, 0.25) is 0 Å². The maximum Gasteiger partial charge on any atom is 0.0639 e. The largest absolute Gasteiger partial charge is 0.241 e. The van der Waals surface area contributed by atoms with Crippen LogP contribution in [0.3, 0.4) is 0 Å². The van der Waals surface area contributed by atoms with Crippen molar-refractivity contribution in [3.8, 4) is 0 Å². The molecule has 18 heavy (non-hydrogen) atoms. The number of aromatic nitrogens is 2. The summed E-state index contributed by atoms with van der Waals surface area (Å²) in [4.78, 5) is 0. The third kappa shape index (κ3) is 2.72. The predicted octanol–water partition coefficient (Wildman–Crippen LogP) is 4.65. The standard InChI is InChI=1S/C15H17BrN2/c1-11(14-7-5-4-6-8-14)9-12(2)18-13(3)15(16)10-17-18/h4-5,7,9-10H,1,6,8H2,2-3H3/b12-9-. The average Bonchev–Trinajstić information content (AvgIpc) is 2.71. The van der Waals surface area contributed by atoms with Crippen molar-refractivity contribution in [1.82, 2.24) is 9.78 Å². The molecule has 0 atom stereocenters. The van der Waals surface area contributed by atoms with Gasteiger partial charge in [-0.2, -0.15) is 5.10 Å². The first-order valence-electron chi connectivity index (χ1n) is 6.03. The fourth-order valence-electron chi connectivity index (χ4n) is 2.02. The van der Waals surface area contributed by atoms with Crippen LogP contribution in [-0.2, 0) is 0 Å². The summed E-state index contributed by atoms with van der Waals surface area (Å²) in [6, 6.07) is 0. The first-order chi connectivity index (χ1) is 8.59. The predicted molar refractivity (Wildman–Crippen MR) is 80.2 cm³/mol. The van der Waals surface area contributed by atoms with Gasteiger partial charge in [0.15, 0.2) is 0 Å². The van der Waals surface area contributed by atoms with Crippen LogP contribution in [0.1, 0.15) is 25.5 Å². The molecule has 2 nitrogen and oxygen atoms in total. The number of hydrogen-bond donors (Lipinski definition) is 0. The Kier molecular flexibility index (Phi) is 4.02. The molecule has 0 unspecified atom stereocenters. The Morgan fingerprint density at radius 1 is 1.56 bits per heavy atom. The fraction of sp³-hybridized carbons (Fsp3) is 0.267. The Hall–Kier alpha value is -1.35. The molecule has 1 aliphatic rings. The maximum absolute atomic E-state index is 4.34. The van der Waals surface area contributed by atoms with Crippen LogP contribution in [-0.4, -0.2) is 9.78 Å². The third-order valence-corrected chi connectivity index (χ3v) is 3.87. The van der Waals surface area contributed by atoms with E-state index in [1.165, 1.54) is 5.57 Å².